The van der Waals surface area contributed by atoms with Crippen LogP contribution in [0, 0.1) is 5.41 Å². The molecule has 1 aliphatic heterocycles. The van der Waals surface area contributed by atoms with Gasteiger partial charge in [0.15, 0.2) is 0 Å². The summed E-state index contributed by atoms with van der Waals surface area (Å²) in [7, 11) is 0. The molecule has 0 atom stereocenters. The first-order chi connectivity index (χ1) is 10.3. The predicted octanol–water partition coefficient (Wildman–Crippen LogP) is 3.40. The summed E-state index contributed by atoms with van der Waals surface area (Å²) < 4.78 is 0. The number of piperidine rings is 1. The summed E-state index contributed by atoms with van der Waals surface area (Å²) in [6.07, 6.45) is 1.95. The molecule has 1 aliphatic rings. The molecular formula is C17H25ClN2O2. The van der Waals surface area contributed by atoms with E-state index in [1.807, 2.05) is 45.0 Å². The van der Waals surface area contributed by atoms with Crippen molar-refractivity contribution in [2.75, 3.05) is 13.1 Å². The zero-order valence-electron chi connectivity index (χ0n) is 13.6. The first-order valence-corrected chi connectivity index (χ1v) is 8.17. The molecule has 2 rings (SSSR count). The molecule has 22 heavy (non-hydrogen) atoms. The Kier molecular flexibility index (Phi) is 5.84. The fraction of sp³-hybridized carbons (Fsp3) is 0.588. The molecule has 1 saturated heterocycles. The molecule has 0 radical (unpaired) electrons. The molecule has 0 spiro atoms. The van der Waals surface area contributed by atoms with Crippen LogP contribution in [0.3, 0.4) is 0 Å². The van der Waals surface area contributed by atoms with E-state index in [0.29, 0.717) is 6.04 Å². The van der Waals surface area contributed by atoms with Gasteiger partial charge in [-0.3, -0.25) is 0 Å². The number of halogens is 1. The zero-order chi connectivity index (χ0) is 16.2. The maximum atomic E-state index is 11.9. The van der Waals surface area contributed by atoms with Gasteiger partial charge in [0.25, 0.3) is 0 Å². The first-order valence-electron chi connectivity index (χ1n) is 7.80. The molecule has 0 aromatic heterocycles. The second-order valence-corrected chi connectivity index (χ2v) is 7.28. The van der Waals surface area contributed by atoms with Crippen molar-refractivity contribution in [1.82, 2.24) is 10.4 Å². The van der Waals surface area contributed by atoms with Crippen molar-refractivity contribution in [1.29, 1.82) is 0 Å². The first kappa shape index (κ1) is 17.3. The number of hydrogen-bond donors (Lipinski definition) is 1. The SMILES string of the molecule is CC(C)(C)C(=O)ON1CCC(NCc2ccc(Cl)cc2)CC1. The summed E-state index contributed by atoms with van der Waals surface area (Å²) in [4.78, 5) is 17.3. The molecule has 1 heterocycles. The lowest BCUT2D eigenvalue weighted by molar-refractivity contribution is -0.204. The second-order valence-electron chi connectivity index (χ2n) is 6.84. The number of hydrogen-bond acceptors (Lipinski definition) is 4. The van der Waals surface area contributed by atoms with Gasteiger partial charge >= 0.3 is 5.97 Å². The Balaban J connectivity index is 1.71. The summed E-state index contributed by atoms with van der Waals surface area (Å²) in [6, 6.07) is 8.35. The molecule has 5 heteroatoms. The molecule has 4 nitrogen and oxygen atoms in total. The minimum absolute atomic E-state index is 0.167. The van der Waals surface area contributed by atoms with Gasteiger partial charge in [0.05, 0.1) is 5.41 Å². The quantitative estimate of drug-likeness (QED) is 0.921. The molecule has 1 fully saturated rings. The smallest absolute Gasteiger partial charge is 0.330 e. The van der Waals surface area contributed by atoms with Crippen molar-refractivity contribution in [2.24, 2.45) is 5.41 Å². The van der Waals surface area contributed by atoms with Crippen molar-refractivity contribution in [3.05, 3.63) is 34.9 Å². The Morgan fingerprint density at radius 1 is 1.27 bits per heavy atom. The highest BCUT2D eigenvalue weighted by atomic mass is 35.5. The van der Waals surface area contributed by atoms with E-state index in [9.17, 15) is 4.79 Å². The van der Waals surface area contributed by atoms with Crippen molar-refractivity contribution in [2.45, 2.75) is 46.2 Å². The fourth-order valence-electron chi connectivity index (χ4n) is 2.27. The Morgan fingerprint density at radius 2 is 1.86 bits per heavy atom. The molecule has 1 aromatic carbocycles. The van der Waals surface area contributed by atoms with E-state index in [1.165, 1.54) is 5.56 Å². The van der Waals surface area contributed by atoms with Gasteiger partial charge in [-0.2, -0.15) is 0 Å². The van der Waals surface area contributed by atoms with E-state index >= 15 is 0 Å². The Hall–Kier alpha value is -1.10. The summed E-state index contributed by atoms with van der Waals surface area (Å²) in [5.74, 6) is -0.167. The number of nitrogens with zero attached hydrogens (tertiary/aromatic N) is 1. The van der Waals surface area contributed by atoms with Gasteiger partial charge in [-0.1, -0.05) is 23.7 Å². The standard InChI is InChI=1S/C17H25ClN2O2/c1-17(2,3)16(21)22-20-10-8-15(9-11-20)19-12-13-4-6-14(18)7-5-13/h4-7,15,19H,8-12H2,1-3H3. The van der Waals surface area contributed by atoms with E-state index in [0.717, 1.165) is 37.5 Å². The van der Waals surface area contributed by atoms with E-state index < -0.39 is 5.41 Å². The van der Waals surface area contributed by atoms with Crippen molar-refractivity contribution < 1.29 is 9.63 Å². The van der Waals surface area contributed by atoms with Crippen LogP contribution in [0.5, 0.6) is 0 Å². The Bertz CT molecular complexity index is 488. The van der Waals surface area contributed by atoms with Crippen molar-refractivity contribution in [3.63, 3.8) is 0 Å². The molecular weight excluding hydrogens is 300 g/mol. The molecule has 0 bridgehead atoms. The van der Waals surface area contributed by atoms with E-state index in [4.69, 9.17) is 16.4 Å². The van der Waals surface area contributed by atoms with Gasteiger partial charge in [-0.05, 0) is 51.3 Å². The van der Waals surface area contributed by atoms with Crippen LogP contribution in [0.15, 0.2) is 24.3 Å². The number of rotatable bonds is 4. The van der Waals surface area contributed by atoms with Crippen LogP contribution >= 0.6 is 11.6 Å². The highest BCUT2D eigenvalue weighted by Gasteiger charge is 2.28. The molecule has 0 aliphatic carbocycles. The van der Waals surface area contributed by atoms with Gasteiger partial charge < -0.3 is 10.2 Å². The van der Waals surface area contributed by atoms with Crippen LogP contribution in [0.2, 0.25) is 5.02 Å². The van der Waals surface area contributed by atoms with E-state index in [-0.39, 0.29) is 5.97 Å². The summed E-state index contributed by atoms with van der Waals surface area (Å²) in [5.41, 5.74) is 0.773. The third-order valence-corrected chi connectivity index (χ3v) is 4.04. The van der Waals surface area contributed by atoms with E-state index in [2.05, 4.69) is 5.32 Å². The van der Waals surface area contributed by atoms with Gasteiger partial charge in [0.2, 0.25) is 0 Å². The number of nitrogens with one attached hydrogen (secondary N) is 1. The average Bonchev–Trinajstić information content (AvgIpc) is 2.47. The monoisotopic (exact) mass is 324 g/mol. The van der Waals surface area contributed by atoms with Gasteiger partial charge in [0, 0.05) is 30.7 Å². The maximum Gasteiger partial charge on any atom is 0.330 e. The lowest BCUT2D eigenvalue weighted by Crippen LogP contribution is -2.44. The van der Waals surface area contributed by atoms with Crippen LogP contribution in [0.1, 0.15) is 39.2 Å². The molecule has 1 aromatic rings. The minimum atomic E-state index is -0.455. The Morgan fingerprint density at radius 3 is 2.41 bits per heavy atom. The molecule has 0 unspecified atom stereocenters. The summed E-state index contributed by atoms with van der Waals surface area (Å²) in [5, 5.41) is 6.10. The zero-order valence-corrected chi connectivity index (χ0v) is 14.3. The topological polar surface area (TPSA) is 41.6 Å². The van der Waals surface area contributed by atoms with Crippen LogP contribution in [0.25, 0.3) is 0 Å². The van der Waals surface area contributed by atoms with Gasteiger partial charge in [-0.15, -0.1) is 5.06 Å². The summed E-state index contributed by atoms with van der Waals surface area (Å²) >= 11 is 5.88. The van der Waals surface area contributed by atoms with Crippen LogP contribution in [0.4, 0.5) is 0 Å². The highest BCUT2D eigenvalue weighted by Crippen LogP contribution is 2.19. The molecule has 0 saturated carbocycles. The van der Waals surface area contributed by atoms with Crippen molar-refractivity contribution >= 4 is 17.6 Å². The van der Waals surface area contributed by atoms with Gasteiger partial charge in [0.1, 0.15) is 0 Å². The molecule has 122 valence electrons. The van der Waals surface area contributed by atoms with Gasteiger partial charge in [-0.25, -0.2) is 4.79 Å². The lowest BCUT2D eigenvalue weighted by Gasteiger charge is -2.32. The van der Waals surface area contributed by atoms with E-state index in [1.54, 1.807) is 5.06 Å². The molecule has 1 N–H and O–H groups in total. The third kappa shape index (κ3) is 5.27. The number of carbonyl (C=O) groups is 1. The largest absolute Gasteiger partial charge is 0.367 e. The molecule has 0 amide bonds. The number of carbonyl (C=O) groups excluding carboxylic acids is 1. The second kappa shape index (κ2) is 7.44. The maximum absolute atomic E-state index is 11.9. The van der Waals surface area contributed by atoms with Crippen LogP contribution in [-0.4, -0.2) is 30.2 Å². The highest BCUT2D eigenvalue weighted by molar-refractivity contribution is 6.30. The summed E-state index contributed by atoms with van der Waals surface area (Å²) in [6.45, 7) is 8.01. The minimum Gasteiger partial charge on any atom is -0.367 e. The average molecular weight is 325 g/mol. The predicted molar refractivity (Wildman–Crippen MR) is 88.4 cm³/mol. The number of hydroxylamine groups is 2. The third-order valence-electron chi connectivity index (χ3n) is 3.79. The number of benzene rings is 1. The van der Waals surface area contributed by atoms with Crippen LogP contribution in [-0.2, 0) is 16.2 Å². The lowest BCUT2D eigenvalue weighted by atomic mass is 9.98. The normalized spacial score (nSPS) is 17.5. The fourth-order valence-corrected chi connectivity index (χ4v) is 2.40. The van der Waals surface area contributed by atoms with Crippen LogP contribution < -0.4 is 5.32 Å². The Labute approximate surface area is 137 Å². The van der Waals surface area contributed by atoms with Crippen molar-refractivity contribution in [3.8, 4) is 0 Å².